The summed E-state index contributed by atoms with van der Waals surface area (Å²) in [5, 5.41) is 63.2. The predicted molar refractivity (Wildman–Crippen MR) is 141 cm³/mol. The molecule has 2 aliphatic rings. The van der Waals surface area contributed by atoms with Crippen molar-refractivity contribution in [1.29, 1.82) is 0 Å². The minimum Gasteiger partial charge on any atom is -0.469 e. The Kier molecular flexibility index (Phi) is 16.2. The van der Waals surface area contributed by atoms with Crippen molar-refractivity contribution in [3.8, 4) is 0 Å². The second kappa shape index (κ2) is 18.4. The molecule has 2 rings (SSSR count). The third-order valence-corrected chi connectivity index (χ3v) is 7.51. The Bertz CT molecular complexity index is 748. The highest BCUT2D eigenvalue weighted by Crippen LogP contribution is 2.30. The van der Waals surface area contributed by atoms with Crippen LogP contribution in [0.15, 0.2) is 0 Å². The number of hydrogen-bond donors (Lipinski definition) is 7. The first kappa shape index (κ1) is 35.1. The molecule has 14 nitrogen and oxygen atoms in total. The number of aliphatic hydroxyl groups excluding tert-OH is 6. The van der Waals surface area contributed by atoms with Gasteiger partial charge in [0.05, 0.1) is 20.3 Å². The first-order valence-corrected chi connectivity index (χ1v) is 14.7. The van der Waals surface area contributed by atoms with Gasteiger partial charge in [0, 0.05) is 13.0 Å². The smallest absolute Gasteiger partial charge is 0.305 e. The normalized spacial score (nSPS) is 34.4. The molecule has 0 saturated carbocycles. The van der Waals surface area contributed by atoms with E-state index in [9.17, 15) is 40.2 Å². The topological polar surface area (TPSA) is 214 Å². The third kappa shape index (κ3) is 10.3. The van der Waals surface area contributed by atoms with E-state index in [1.807, 2.05) is 0 Å². The Balaban J connectivity index is 2.04. The van der Waals surface area contributed by atoms with E-state index in [-0.39, 0.29) is 12.6 Å². The van der Waals surface area contributed by atoms with Crippen LogP contribution in [-0.2, 0) is 28.5 Å². The van der Waals surface area contributed by atoms with Gasteiger partial charge in [0.1, 0.15) is 48.8 Å². The molecule has 15 heteroatoms. The zero-order chi connectivity index (χ0) is 29.7. The largest absolute Gasteiger partial charge is 0.469 e. The average Bonchev–Trinajstić information content (AvgIpc) is 2.94. The molecule has 234 valence electrons. The van der Waals surface area contributed by atoms with Crippen LogP contribution in [-0.4, -0.2) is 136 Å². The molecule has 0 radical (unpaired) electrons. The second-order valence-corrected chi connectivity index (χ2v) is 11.0. The van der Waals surface area contributed by atoms with Crippen LogP contribution in [0.4, 0.5) is 4.79 Å². The summed E-state index contributed by atoms with van der Waals surface area (Å²) in [6.07, 6.45) is -7.61. The van der Waals surface area contributed by atoms with Crippen molar-refractivity contribution in [1.82, 2.24) is 5.32 Å². The van der Waals surface area contributed by atoms with Gasteiger partial charge in [-0.25, -0.2) is 0 Å². The molecule has 0 aromatic heterocycles. The highest BCUT2D eigenvalue weighted by molar-refractivity contribution is 8.13. The number of esters is 1. The highest BCUT2D eigenvalue weighted by Gasteiger charge is 2.51. The van der Waals surface area contributed by atoms with E-state index in [2.05, 4.69) is 10.1 Å². The van der Waals surface area contributed by atoms with E-state index in [0.29, 0.717) is 18.6 Å². The van der Waals surface area contributed by atoms with Crippen molar-refractivity contribution in [3.63, 3.8) is 0 Å². The van der Waals surface area contributed by atoms with Crippen molar-refractivity contribution in [3.05, 3.63) is 0 Å². The lowest BCUT2D eigenvalue weighted by Crippen LogP contribution is -2.68. The lowest BCUT2D eigenvalue weighted by atomic mass is 9.95. The Morgan fingerprint density at radius 1 is 0.825 bits per heavy atom. The second-order valence-electron chi connectivity index (χ2n) is 9.72. The van der Waals surface area contributed by atoms with Gasteiger partial charge in [-0.05, 0) is 18.6 Å². The minimum atomic E-state index is -1.74. The summed E-state index contributed by atoms with van der Waals surface area (Å²) in [5.74, 6) is 0.241. The van der Waals surface area contributed by atoms with Crippen molar-refractivity contribution in [2.24, 2.45) is 0 Å². The molecule has 0 aliphatic carbocycles. The summed E-state index contributed by atoms with van der Waals surface area (Å²) in [5.41, 5.74) is 0. The molecule has 1 amide bonds. The Morgan fingerprint density at radius 3 is 2.05 bits per heavy atom. The van der Waals surface area contributed by atoms with E-state index in [0.717, 1.165) is 43.9 Å². The van der Waals surface area contributed by atoms with Gasteiger partial charge in [-0.3, -0.25) is 9.59 Å². The molecule has 2 aliphatic heterocycles. The maximum absolute atomic E-state index is 12.5. The predicted octanol–water partition coefficient (Wildman–Crippen LogP) is -0.999. The van der Waals surface area contributed by atoms with E-state index in [1.54, 1.807) is 6.92 Å². The number of hydrogen-bond acceptors (Lipinski definition) is 14. The molecular formula is C25H45NO13S. The fraction of sp³-hybridized carbons (Fsp3) is 0.920. The average molecular weight is 600 g/mol. The SMILES string of the molecule is CCSC(=O)NC1C(OC2OC(CO)[C@@H](O)C(O)C2O)[C@@H](O)C(CO)O[C@H]1OCCCCCCCCC(=O)OC. The van der Waals surface area contributed by atoms with Gasteiger partial charge < -0.3 is 59.6 Å². The van der Waals surface area contributed by atoms with Crippen LogP contribution in [0, 0.1) is 0 Å². The van der Waals surface area contributed by atoms with E-state index in [1.165, 1.54) is 7.11 Å². The number of ether oxygens (including phenoxy) is 5. The van der Waals surface area contributed by atoms with Crippen LogP contribution in [0.5, 0.6) is 0 Å². The molecule has 2 fully saturated rings. The number of methoxy groups -OCH3 is 1. The van der Waals surface area contributed by atoms with Gasteiger partial charge in [0.2, 0.25) is 0 Å². The molecule has 7 N–H and O–H groups in total. The zero-order valence-electron chi connectivity index (χ0n) is 23.0. The van der Waals surface area contributed by atoms with Crippen LogP contribution < -0.4 is 5.32 Å². The van der Waals surface area contributed by atoms with E-state index < -0.39 is 79.8 Å². The number of rotatable bonds is 16. The molecule has 0 aromatic rings. The van der Waals surface area contributed by atoms with Gasteiger partial charge in [-0.15, -0.1) is 0 Å². The fourth-order valence-electron chi connectivity index (χ4n) is 4.55. The number of carbonyl (C=O) groups excluding carboxylic acids is 2. The molecular weight excluding hydrogens is 554 g/mol. The number of carbonyl (C=O) groups is 2. The third-order valence-electron chi connectivity index (χ3n) is 6.84. The van der Waals surface area contributed by atoms with Crippen LogP contribution in [0.2, 0.25) is 0 Å². The lowest BCUT2D eigenvalue weighted by Gasteiger charge is -2.47. The van der Waals surface area contributed by atoms with Crippen molar-refractivity contribution in [2.75, 3.05) is 32.7 Å². The summed E-state index contributed by atoms with van der Waals surface area (Å²) < 4.78 is 27.6. The van der Waals surface area contributed by atoms with E-state index >= 15 is 0 Å². The standard InChI is InChI=1S/C25H45NO13S/c1-3-40-25(34)26-17-22(39-24-21(33)20(32)18(30)14(12-27)38-24)19(31)15(13-28)37-23(17)36-11-9-7-5-4-6-8-10-16(29)35-2/h14-15,17-24,27-28,30-33H,3-13H2,1-2H3,(H,26,34)/t14?,15?,17?,18-,19+,20?,21?,22?,23-,24?/m1/s1. The highest BCUT2D eigenvalue weighted by atomic mass is 32.2. The van der Waals surface area contributed by atoms with Crippen LogP contribution in [0.1, 0.15) is 51.9 Å². The molecule has 10 atom stereocenters. The van der Waals surface area contributed by atoms with Gasteiger partial charge in [-0.2, -0.15) is 0 Å². The number of nitrogens with one attached hydrogen (secondary N) is 1. The lowest BCUT2D eigenvalue weighted by molar-refractivity contribution is -0.344. The molecule has 2 saturated heterocycles. The van der Waals surface area contributed by atoms with Crippen molar-refractivity contribution < 1.29 is 63.9 Å². The first-order chi connectivity index (χ1) is 19.2. The van der Waals surface area contributed by atoms with E-state index in [4.69, 9.17) is 18.9 Å². The monoisotopic (exact) mass is 599 g/mol. The van der Waals surface area contributed by atoms with Crippen molar-refractivity contribution in [2.45, 2.75) is 113 Å². The number of unbranched alkanes of at least 4 members (excludes halogenated alkanes) is 5. The Labute approximate surface area is 238 Å². The fourth-order valence-corrected chi connectivity index (χ4v) is 5.03. The number of amides is 1. The first-order valence-electron chi connectivity index (χ1n) is 13.7. The summed E-state index contributed by atoms with van der Waals surface area (Å²) in [6.45, 7) is 0.737. The maximum Gasteiger partial charge on any atom is 0.305 e. The summed E-state index contributed by atoms with van der Waals surface area (Å²) >= 11 is 0.969. The molecule has 2 heterocycles. The Morgan fingerprint density at radius 2 is 1.43 bits per heavy atom. The minimum absolute atomic E-state index is 0.222. The maximum atomic E-state index is 12.5. The molecule has 0 spiro atoms. The number of thioether (sulfide) groups is 1. The van der Waals surface area contributed by atoms with Crippen LogP contribution >= 0.6 is 11.8 Å². The van der Waals surface area contributed by atoms with Crippen molar-refractivity contribution >= 4 is 23.0 Å². The van der Waals surface area contributed by atoms with Gasteiger partial charge in [0.25, 0.3) is 5.24 Å². The zero-order valence-corrected chi connectivity index (χ0v) is 23.8. The van der Waals surface area contributed by atoms with Gasteiger partial charge in [-0.1, -0.05) is 44.4 Å². The van der Waals surface area contributed by atoms with Gasteiger partial charge >= 0.3 is 5.97 Å². The van der Waals surface area contributed by atoms with Crippen LogP contribution in [0.25, 0.3) is 0 Å². The Hall–Kier alpha value is -1.11. The summed E-state index contributed by atoms with van der Waals surface area (Å²) in [6, 6.07) is -1.10. The van der Waals surface area contributed by atoms with Crippen LogP contribution in [0.3, 0.4) is 0 Å². The van der Waals surface area contributed by atoms with Gasteiger partial charge in [0.15, 0.2) is 12.6 Å². The molecule has 40 heavy (non-hydrogen) atoms. The molecule has 0 bridgehead atoms. The molecule has 0 aromatic carbocycles. The number of aliphatic hydroxyl groups is 6. The quantitative estimate of drug-likeness (QED) is 0.0838. The summed E-state index contributed by atoms with van der Waals surface area (Å²) in [4.78, 5) is 23.7. The summed E-state index contributed by atoms with van der Waals surface area (Å²) in [7, 11) is 1.37. The molecule has 7 unspecified atom stereocenters.